The molecule has 0 aliphatic rings. The molecular formula is C17H39NO2Si. The summed E-state index contributed by atoms with van der Waals surface area (Å²) in [5.74, 6) is 0. The van der Waals surface area contributed by atoms with Crippen LogP contribution in [-0.4, -0.2) is 24.7 Å². The molecule has 4 heteroatoms. The van der Waals surface area contributed by atoms with E-state index in [0.29, 0.717) is 6.04 Å². The molecule has 4 N–H and O–H groups in total. The van der Waals surface area contributed by atoms with Crippen LogP contribution in [-0.2, 0) is 0 Å². The van der Waals surface area contributed by atoms with Gasteiger partial charge in [-0.1, -0.05) is 83.5 Å². The van der Waals surface area contributed by atoms with Crippen LogP contribution in [0.2, 0.25) is 12.6 Å². The van der Waals surface area contributed by atoms with Crippen LogP contribution in [0.5, 0.6) is 0 Å². The molecule has 0 atom stereocenters. The largest absolute Gasteiger partial charge is 0.411 e. The SMILES string of the molecule is C[Si](O)(O)CCCCCCCCCCCCCCCCN. The van der Waals surface area contributed by atoms with Crippen LogP contribution in [0.15, 0.2) is 0 Å². The minimum Gasteiger partial charge on any atom is -0.411 e. The Morgan fingerprint density at radius 2 is 0.857 bits per heavy atom. The maximum absolute atomic E-state index is 9.31. The van der Waals surface area contributed by atoms with Crippen LogP contribution in [0.4, 0.5) is 0 Å². The monoisotopic (exact) mass is 317 g/mol. The van der Waals surface area contributed by atoms with E-state index in [1.54, 1.807) is 6.55 Å². The molecule has 0 heterocycles. The summed E-state index contributed by atoms with van der Waals surface area (Å²) < 4.78 is 0. The molecule has 0 fully saturated rings. The number of hydrogen-bond donors (Lipinski definition) is 3. The van der Waals surface area contributed by atoms with Crippen molar-refractivity contribution in [3.05, 3.63) is 0 Å². The van der Waals surface area contributed by atoms with E-state index in [4.69, 9.17) is 5.73 Å². The Kier molecular flexibility index (Phi) is 15.1. The van der Waals surface area contributed by atoms with Gasteiger partial charge in [-0.3, -0.25) is 0 Å². The molecule has 0 spiro atoms. The molecule has 0 saturated carbocycles. The van der Waals surface area contributed by atoms with Crippen molar-refractivity contribution in [2.75, 3.05) is 6.54 Å². The van der Waals surface area contributed by atoms with E-state index in [1.165, 1.54) is 77.0 Å². The molecule has 0 aromatic heterocycles. The Morgan fingerprint density at radius 3 is 1.14 bits per heavy atom. The first-order chi connectivity index (χ1) is 10.1. The van der Waals surface area contributed by atoms with E-state index >= 15 is 0 Å². The Labute approximate surface area is 133 Å². The molecule has 0 saturated heterocycles. The van der Waals surface area contributed by atoms with E-state index in [0.717, 1.165) is 19.4 Å². The maximum atomic E-state index is 9.31. The molecule has 0 aliphatic heterocycles. The van der Waals surface area contributed by atoms with Gasteiger partial charge in [0, 0.05) is 0 Å². The molecular weight excluding hydrogens is 278 g/mol. The normalized spacial score (nSPS) is 12.0. The Bertz CT molecular complexity index is 207. The van der Waals surface area contributed by atoms with Gasteiger partial charge in [0.05, 0.1) is 0 Å². The van der Waals surface area contributed by atoms with Gasteiger partial charge < -0.3 is 15.3 Å². The maximum Gasteiger partial charge on any atom is 0.329 e. The summed E-state index contributed by atoms with van der Waals surface area (Å²) in [7, 11) is -2.77. The molecule has 3 nitrogen and oxygen atoms in total. The molecule has 0 aliphatic carbocycles. The fourth-order valence-corrected chi connectivity index (χ4v) is 3.65. The van der Waals surface area contributed by atoms with Gasteiger partial charge in [-0.2, -0.15) is 0 Å². The zero-order chi connectivity index (χ0) is 15.8. The highest BCUT2D eigenvalue weighted by Crippen LogP contribution is 2.14. The molecule has 128 valence electrons. The number of rotatable bonds is 16. The summed E-state index contributed by atoms with van der Waals surface area (Å²) in [6, 6.07) is 0.637. The van der Waals surface area contributed by atoms with Crippen LogP contribution in [0, 0.1) is 0 Å². The quantitative estimate of drug-likeness (QED) is 0.291. The second kappa shape index (κ2) is 15.0. The van der Waals surface area contributed by atoms with E-state index in [-0.39, 0.29) is 0 Å². The lowest BCUT2D eigenvalue weighted by Crippen LogP contribution is -2.29. The van der Waals surface area contributed by atoms with Crippen molar-refractivity contribution in [3.8, 4) is 0 Å². The van der Waals surface area contributed by atoms with Gasteiger partial charge in [0.1, 0.15) is 0 Å². The average molecular weight is 318 g/mol. The molecule has 0 radical (unpaired) electrons. The number of unbranched alkanes of at least 4 members (excludes halogenated alkanes) is 13. The van der Waals surface area contributed by atoms with Crippen molar-refractivity contribution in [2.45, 2.75) is 102 Å². The lowest BCUT2D eigenvalue weighted by molar-refractivity contribution is 0.366. The lowest BCUT2D eigenvalue weighted by Gasteiger charge is -2.10. The van der Waals surface area contributed by atoms with Crippen molar-refractivity contribution in [3.63, 3.8) is 0 Å². The van der Waals surface area contributed by atoms with Gasteiger partial charge in [0.15, 0.2) is 0 Å². The van der Waals surface area contributed by atoms with Crippen LogP contribution in [0.3, 0.4) is 0 Å². The number of hydrogen-bond acceptors (Lipinski definition) is 3. The Hall–Kier alpha value is 0.0969. The third-order valence-corrected chi connectivity index (χ3v) is 5.41. The van der Waals surface area contributed by atoms with Crippen molar-refractivity contribution in [1.29, 1.82) is 0 Å². The summed E-state index contributed by atoms with van der Waals surface area (Å²) in [6.45, 7) is 2.45. The summed E-state index contributed by atoms with van der Waals surface area (Å²) in [5.41, 5.74) is 5.47. The molecule has 0 rings (SSSR count). The predicted molar refractivity (Wildman–Crippen MR) is 94.6 cm³/mol. The first-order valence-corrected chi connectivity index (χ1v) is 11.8. The molecule has 0 aromatic rings. The predicted octanol–water partition coefficient (Wildman–Crippen LogP) is 4.46. The molecule has 0 aromatic carbocycles. The minimum atomic E-state index is -2.77. The zero-order valence-corrected chi connectivity index (χ0v) is 15.3. The number of nitrogens with two attached hydrogens (primary N) is 1. The van der Waals surface area contributed by atoms with E-state index < -0.39 is 8.56 Å². The highest BCUT2D eigenvalue weighted by atomic mass is 28.4. The van der Waals surface area contributed by atoms with E-state index in [1.807, 2.05) is 0 Å². The lowest BCUT2D eigenvalue weighted by atomic mass is 10.0. The Balaban J connectivity index is 3.00. The topological polar surface area (TPSA) is 66.5 Å². The first kappa shape index (κ1) is 21.1. The zero-order valence-electron chi connectivity index (χ0n) is 14.3. The molecule has 0 amide bonds. The molecule has 0 unspecified atom stereocenters. The second-order valence-corrected chi connectivity index (χ2v) is 9.64. The van der Waals surface area contributed by atoms with E-state index in [2.05, 4.69) is 0 Å². The highest BCUT2D eigenvalue weighted by molar-refractivity contribution is 6.63. The molecule has 0 bridgehead atoms. The minimum absolute atomic E-state index is 0.637. The fraction of sp³-hybridized carbons (Fsp3) is 1.00. The second-order valence-electron chi connectivity index (χ2n) is 6.71. The Morgan fingerprint density at radius 1 is 0.571 bits per heavy atom. The third-order valence-electron chi connectivity index (χ3n) is 4.10. The van der Waals surface area contributed by atoms with Gasteiger partial charge in [-0.05, 0) is 25.6 Å². The van der Waals surface area contributed by atoms with Crippen LogP contribution < -0.4 is 5.73 Å². The van der Waals surface area contributed by atoms with Crippen LogP contribution >= 0.6 is 0 Å². The van der Waals surface area contributed by atoms with Gasteiger partial charge in [-0.25, -0.2) is 0 Å². The fourth-order valence-electron chi connectivity index (χ4n) is 2.73. The van der Waals surface area contributed by atoms with Gasteiger partial charge in [0.2, 0.25) is 0 Å². The van der Waals surface area contributed by atoms with Crippen molar-refractivity contribution >= 4 is 8.56 Å². The van der Waals surface area contributed by atoms with Crippen molar-refractivity contribution < 1.29 is 9.59 Å². The summed E-state index contributed by atoms with van der Waals surface area (Å²) >= 11 is 0. The van der Waals surface area contributed by atoms with Gasteiger partial charge in [-0.15, -0.1) is 0 Å². The van der Waals surface area contributed by atoms with Crippen molar-refractivity contribution in [2.24, 2.45) is 5.73 Å². The van der Waals surface area contributed by atoms with Gasteiger partial charge >= 0.3 is 8.56 Å². The third kappa shape index (κ3) is 20.1. The van der Waals surface area contributed by atoms with Gasteiger partial charge in [0.25, 0.3) is 0 Å². The summed E-state index contributed by atoms with van der Waals surface area (Å²) in [6.07, 6.45) is 18.3. The van der Waals surface area contributed by atoms with Crippen LogP contribution in [0.25, 0.3) is 0 Å². The van der Waals surface area contributed by atoms with Crippen LogP contribution in [0.1, 0.15) is 89.9 Å². The van der Waals surface area contributed by atoms with Crippen molar-refractivity contribution in [1.82, 2.24) is 0 Å². The summed E-state index contributed by atoms with van der Waals surface area (Å²) in [4.78, 5) is 18.6. The smallest absolute Gasteiger partial charge is 0.329 e. The first-order valence-electron chi connectivity index (χ1n) is 9.21. The molecule has 21 heavy (non-hydrogen) atoms. The average Bonchev–Trinajstić information content (AvgIpc) is 2.42. The standard InChI is InChI=1S/C17H39NO2Si/c1-21(19,20)17-15-13-11-9-7-5-3-2-4-6-8-10-12-14-16-18/h19-20H,2-18H2,1H3. The summed E-state index contributed by atoms with van der Waals surface area (Å²) in [5, 5.41) is 0. The van der Waals surface area contributed by atoms with E-state index in [9.17, 15) is 9.59 Å². The highest BCUT2D eigenvalue weighted by Gasteiger charge is 2.19.